The van der Waals surface area contributed by atoms with E-state index in [0.29, 0.717) is 11.4 Å². The number of nitrogens with one attached hydrogen (secondary N) is 1. The second-order valence-electron chi connectivity index (χ2n) is 7.09. The fourth-order valence-electron chi connectivity index (χ4n) is 2.28. The monoisotopic (exact) mass is 355 g/mol. The predicted molar refractivity (Wildman–Crippen MR) is 101 cm³/mol. The molecule has 0 aliphatic carbocycles. The lowest BCUT2D eigenvalue weighted by molar-refractivity contribution is -0.149. The summed E-state index contributed by atoms with van der Waals surface area (Å²) in [6, 6.07) is 15.0. The van der Waals surface area contributed by atoms with Crippen LogP contribution >= 0.6 is 0 Å². The van der Waals surface area contributed by atoms with E-state index in [9.17, 15) is 9.59 Å². The van der Waals surface area contributed by atoms with Crippen molar-refractivity contribution in [1.29, 1.82) is 0 Å². The van der Waals surface area contributed by atoms with Crippen molar-refractivity contribution in [2.45, 2.75) is 33.1 Å². The molecule has 1 amide bonds. The van der Waals surface area contributed by atoms with Crippen molar-refractivity contribution in [2.24, 2.45) is 0 Å². The zero-order valence-electron chi connectivity index (χ0n) is 15.7. The molecule has 1 N–H and O–H groups in total. The summed E-state index contributed by atoms with van der Waals surface area (Å²) in [6.45, 7) is 7.68. The Morgan fingerprint density at radius 3 is 2.23 bits per heavy atom. The molecule has 2 aromatic carbocycles. The molecule has 0 aliphatic heterocycles. The van der Waals surface area contributed by atoms with Gasteiger partial charge in [-0.2, -0.15) is 0 Å². The highest BCUT2D eigenvalue weighted by Crippen LogP contribution is 2.24. The summed E-state index contributed by atoms with van der Waals surface area (Å²) >= 11 is 0. The van der Waals surface area contributed by atoms with Gasteiger partial charge < -0.3 is 14.8 Å². The maximum atomic E-state index is 11.8. The third-order valence-corrected chi connectivity index (χ3v) is 3.86. The molecular weight excluding hydrogens is 330 g/mol. The molecule has 0 atom stereocenters. The van der Waals surface area contributed by atoms with E-state index in [1.165, 1.54) is 5.56 Å². The minimum Gasteiger partial charge on any atom is -0.482 e. The van der Waals surface area contributed by atoms with Crippen molar-refractivity contribution in [3.63, 3.8) is 0 Å². The zero-order chi connectivity index (χ0) is 19.2. The van der Waals surface area contributed by atoms with Gasteiger partial charge >= 0.3 is 5.97 Å². The van der Waals surface area contributed by atoms with E-state index in [2.05, 4.69) is 26.1 Å². The van der Waals surface area contributed by atoms with E-state index in [1.807, 2.05) is 49.4 Å². The molecule has 2 rings (SSSR count). The highest BCUT2D eigenvalue weighted by Gasteiger charge is 2.14. The number of carbonyl (C=O) groups excluding carboxylic acids is 2. The van der Waals surface area contributed by atoms with E-state index in [0.717, 1.165) is 5.56 Å². The lowest BCUT2D eigenvalue weighted by Gasteiger charge is -2.19. The number of esters is 1. The minimum atomic E-state index is -0.593. The highest BCUT2D eigenvalue weighted by atomic mass is 16.6. The van der Waals surface area contributed by atoms with E-state index < -0.39 is 5.97 Å². The summed E-state index contributed by atoms with van der Waals surface area (Å²) < 4.78 is 10.3. The number of para-hydroxylation sites is 1. The van der Waals surface area contributed by atoms with Crippen molar-refractivity contribution in [2.75, 3.05) is 18.5 Å². The molecule has 0 spiro atoms. The molecule has 0 bridgehead atoms. The Balaban J connectivity index is 1.75. The first kappa shape index (κ1) is 19.5. The Morgan fingerprint density at radius 1 is 0.962 bits per heavy atom. The first-order valence-corrected chi connectivity index (χ1v) is 8.50. The van der Waals surface area contributed by atoms with E-state index >= 15 is 0 Å². The quantitative estimate of drug-likeness (QED) is 0.799. The van der Waals surface area contributed by atoms with Crippen LogP contribution in [0, 0.1) is 6.92 Å². The molecule has 0 unspecified atom stereocenters. The number of hydrogen-bond acceptors (Lipinski definition) is 4. The normalized spacial score (nSPS) is 10.9. The van der Waals surface area contributed by atoms with Crippen molar-refractivity contribution >= 4 is 17.6 Å². The topological polar surface area (TPSA) is 64.6 Å². The number of amides is 1. The second kappa shape index (κ2) is 8.52. The Labute approximate surface area is 154 Å². The number of anilines is 1. The van der Waals surface area contributed by atoms with Gasteiger partial charge in [-0.3, -0.25) is 4.79 Å². The van der Waals surface area contributed by atoms with Crippen LogP contribution in [0.1, 0.15) is 31.9 Å². The van der Waals surface area contributed by atoms with Gasteiger partial charge in [0, 0.05) is 5.69 Å². The summed E-state index contributed by atoms with van der Waals surface area (Å²) in [4.78, 5) is 23.6. The highest BCUT2D eigenvalue weighted by molar-refractivity contribution is 5.93. The van der Waals surface area contributed by atoms with Gasteiger partial charge in [0.15, 0.2) is 13.2 Å². The van der Waals surface area contributed by atoms with E-state index in [-0.39, 0.29) is 24.5 Å². The van der Waals surface area contributed by atoms with E-state index in [1.54, 1.807) is 6.07 Å². The lowest BCUT2D eigenvalue weighted by Crippen LogP contribution is -2.24. The number of ether oxygens (including phenoxy) is 2. The maximum Gasteiger partial charge on any atom is 0.344 e. The number of carbonyl (C=O) groups is 2. The van der Waals surface area contributed by atoms with Crippen LogP contribution in [0.15, 0.2) is 48.5 Å². The molecule has 0 heterocycles. The van der Waals surface area contributed by atoms with Gasteiger partial charge in [0.1, 0.15) is 5.75 Å². The number of rotatable bonds is 6. The van der Waals surface area contributed by atoms with Gasteiger partial charge in [-0.15, -0.1) is 0 Å². The molecule has 5 nitrogen and oxygen atoms in total. The Morgan fingerprint density at radius 2 is 1.62 bits per heavy atom. The van der Waals surface area contributed by atoms with Gasteiger partial charge in [0.25, 0.3) is 5.91 Å². The SMILES string of the molecule is Cc1ccccc1NC(=O)COC(=O)COc1ccc(C(C)(C)C)cc1. The van der Waals surface area contributed by atoms with Crippen molar-refractivity contribution < 1.29 is 19.1 Å². The van der Waals surface area contributed by atoms with Crippen molar-refractivity contribution in [3.05, 3.63) is 59.7 Å². The largest absolute Gasteiger partial charge is 0.482 e. The fraction of sp³-hybridized carbons (Fsp3) is 0.333. The molecule has 26 heavy (non-hydrogen) atoms. The standard InChI is InChI=1S/C21H25NO4/c1-15-7-5-6-8-18(15)22-19(23)13-26-20(24)14-25-17-11-9-16(10-12-17)21(2,3)4/h5-12H,13-14H2,1-4H3,(H,22,23). The van der Waals surface area contributed by atoms with Gasteiger partial charge in [0.05, 0.1) is 0 Å². The Hall–Kier alpha value is -2.82. The van der Waals surface area contributed by atoms with Crippen LogP contribution in [-0.2, 0) is 19.7 Å². The van der Waals surface area contributed by atoms with Gasteiger partial charge in [0.2, 0.25) is 0 Å². The molecule has 138 valence electrons. The van der Waals surface area contributed by atoms with Crippen LogP contribution in [0.4, 0.5) is 5.69 Å². The number of aryl methyl sites for hydroxylation is 1. The molecule has 5 heteroatoms. The van der Waals surface area contributed by atoms with Crippen LogP contribution in [0.25, 0.3) is 0 Å². The van der Waals surface area contributed by atoms with Crippen LogP contribution in [-0.4, -0.2) is 25.1 Å². The summed E-state index contributed by atoms with van der Waals surface area (Å²) in [5.41, 5.74) is 2.88. The summed E-state index contributed by atoms with van der Waals surface area (Å²) in [6.07, 6.45) is 0. The summed E-state index contributed by atoms with van der Waals surface area (Å²) in [5, 5.41) is 2.70. The molecule has 0 saturated carbocycles. The second-order valence-corrected chi connectivity index (χ2v) is 7.09. The third-order valence-electron chi connectivity index (χ3n) is 3.86. The van der Waals surface area contributed by atoms with Gasteiger partial charge in [-0.05, 0) is 41.7 Å². The Kier molecular flexibility index (Phi) is 6.39. The number of benzene rings is 2. The van der Waals surface area contributed by atoms with Crippen LogP contribution in [0.5, 0.6) is 5.75 Å². The molecular formula is C21H25NO4. The molecule has 0 radical (unpaired) electrons. The average Bonchev–Trinajstić information content (AvgIpc) is 2.60. The van der Waals surface area contributed by atoms with Crippen molar-refractivity contribution in [3.8, 4) is 5.75 Å². The predicted octanol–water partition coefficient (Wildman–Crippen LogP) is 3.85. The Bertz CT molecular complexity index is 760. The summed E-state index contributed by atoms with van der Waals surface area (Å²) in [7, 11) is 0. The van der Waals surface area contributed by atoms with Crippen molar-refractivity contribution in [1.82, 2.24) is 0 Å². The average molecular weight is 355 g/mol. The minimum absolute atomic E-state index is 0.0575. The fourth-order valence-corrected chi connectivity index (χ4v) is 2.28. The lowest BCUT2D eigenvalue weighted by atomic mass is 9.87. The third kappa shape index (κ3) is 5.92. The first-order valence-electron chi connectivity index (χ1n) is 8.50. The zero-order valence-corrected chi connectivity index (χ0v) is 15.7. The molecule has 0 fully saturated rings. The number of hydrogen-bond donors (Lipinski definition) is 1. The molecule has 0 saturated heterocycles. The molecule has 0 aliphatic rings. The van der Waals surface area contributed by atoms with Crippen LogP contribution in [0.3, 0.4) is 0 Å². The van der Waals surface area contributed by atoms with Gasteiger partial charge in [-0.1, -0.05) is 51.1 Å². The van der Waals surface area contributed by atoms with Crippen LogP contribution < -0.4 is 10.1 Å². The first-order chi connectivity index (χ1) is 12.3. The van der Waals surface area contributed by atoms with E-state index in [4.69, 9.17) is 9.47 Å². The molecule has 0 aromatic heterocycles. The smallest absolute Gasteiger partial charge is 0.344 e. The van der Waals surface area contributed by atoms with Gasteiger partial charge in [-0.25, -0.2) is 4.79 Å². The summed E-state index contributed by atoms with van der Waals surface area (Å²) in [5.74, 6) is -0.397. The maximum absolute atomic E-state index is 11.8. The molecule has 2 aromatic rings. The van der Waals surface area contributed by atoms with Crippen LogP contribution in [0.2, 0.25) is 0 Å².